The van der Waals surface area contributed by atoms with E-state index in [2.05, 4.69) is 27.3 Å². The van der Waals surface area contributed by atoms with Gasteiger partial charge in [0.15, 0.2) is 0 Å². The normalized spacial score (nSPS) is 21.6. The second-order valence-corrected chi connectivity index (χ2v) is 7.62. The van der Waals surface area contributed by atoms with Gasteiger partial charge in [-0.15, -0.1) is 58.4 Å². The molecule has 0 saturated carbocycles. The summed E-state index contributed by atoms with van der Waals surface area (Å²) in [5.74, 6) is 2.81. The molecule has 0 aromatic rings. The van der Waals surface area contributed by atoms with Gasteiger partial charge in [0, 0.05) is 0 Å². The molecule has 0 unspecified atom stereocenters. The summed E-state index contributed by atoms with van der Waals surface area (Å²) < 4.78 is 0. The van der Waals surface area contributed by atoms with Crippen LogP contribution in [0.2, 0.25) is 0 Å². The minimum atomic E-state index is 0. The molecule has 3 fully saturated rings. The number of hydrogen-bond donors (Lipinski definition) is 0. The minimum Gasteiger partial charge on any atom is -0.693 e. The molecule has 8 nitrogen and oxygen atoms in total. The van der Waals surface area contributed by atoms with E-state index >= 15 is 0 Å². The molecule has 4 rings (SSSR count). The summed E-state index contributed by atoms with van der Waals surface area (Å²) in [7, 11) is 0. The molecule has 4 heterocycles. The van der Waals surface area contributed by atoms with Gasteiger partial charge in [-0.2, -0.15) is 0 Å². The van der Waals surface area contributed by atoms with E-state index < -0.39 is 0 Å². The van der Waals surface area contributed by atoms with Crippen LogP contribution < -0.4 is 0 Å². The minimum absolute atomic E-state index is 0. The zero-order valence-electron chi connectivity index (χ0n) is 18.3. The molecule has 0 spiro atoms. The van der Waals surface area contributed by atoms with Crippen molar-refractivity contribution >= 4 is 0 Å². The van der Waals surface area contributed by atoms with Gasteiger partial charge in [-0.3, -0.25) is 0 Å². The van der Waals surface area contributed by atoms with Crippen molar-refractivity contribution in [3.05, 3.63) is 45.2 Å². The molecule has 31 heavy (non-hydrogen) atoms. The first-order valence-corrected chi connectivity index (χ1v) is 10.2. The molecule has 4 aliphatic rings. The number of nitrogens with zero attached hydrogens (tertiary/aromatic N) is 4. The third kappa shape index (κ3) is 15.5. The summed E-state index contributed by atoms with van der Waals surface area (Å²) in [6.45, 7) is 8.67. The summed E-state index contributed by atoms with van der Waals surface area (Å²) in [6, 6.07) is 0. The molecule has 0 aromatic carbocycles. The van der Waals surface area contributed by atoms with E-state index in [1.807, 2.05) is 0 Å². The molecule has 3 saturated heterocycles. The summed E-state index contributed by atoms with van der Waals surface area (Å²) in [6.07, 6.45) is 11.5. The van der Waals surface area contributed by atoms with Crippen LogP contribution in [0, 0.1) is 17.8 Å². The molecule has 0 bridgehead atoms. The van der Waals surface area contributed by atoms with Crippen LogP contribution in [0.3, 0.4) is 0 Å². The Balaban J connectivity index is -0.000000119. The predicted molar refractivity (Wildman–Crippen MR) is 121 cm³/mol. The van der Waals surface area contributed by atoms with Crippen LogP contribution in [0.4, 0.5) is 0 Å². The quantitative estimate of drug-likeness (QED) is 0.317. The van der Waals surface area contributed by atoms with Crippen molar-refractivity contribution in [1.82, 2.24) is 0 Å². The Kier molecular flexibility index (Phi) is 34.8. The monoisotopic (exact) mass is 587 g/mol. The van der Waals surface area contributed by atoms with Crippen LogP contribution in [-0.2, 0) is 51.2 Å². The number of piperidine rings is 3. The Bertz CT molecular complexity index is 377. The van der Waals surface area contributed by atoms with Crippen LogP contribution in [0.5, 0.6) is 0 Å². The van der Waals surface area contributed by atoms with Crippen LogP contribution in [0.15, 0.2) is 11.6 Å². The Morgan fingerprint density at radius 3 is 1.32 bits per heavy atom. The van der Waals surface area contributed by atoms with Crippen molar-refractivity contribution in [3.8, 4) is 0 Å². The second-order valence-electron chi connectivity index (χ2n) is 7.62. The van der Waals surface area contributed by atoms with E-state index in [4.69, 9.17) is 0 Å². The Morgan fingerprint density at radius 2 is 0.968 bits per heavy atom. The summed E-state index contributed by atoms with van der Waals surface area (Å²) >= 11 is 0. The largest absolute Gasteiger partial charge is 2.00 e. The van der Waals surface area contributed by atoms with Gasteiger partial charge in [-0.25, -0.2) is 0 Å². The molecule has 2 radical (unpaired) electrons. The standard InChI is InChI=1S/C10H18N2.C10H16N2.3Cu.2H2N.2H2O/c2*1-5-11-6-2-9(1)10-3-7-12-8-4-10;;;;;;;/h9-10H,1-8H2;1,10H,2-8H2;;;;4*1H2/q2*-2;+1;2*+2;2*-1;;. The van der Waals surface area contributed by atoms with Gasteiger partial charge < -0.3 is 44.5 Å². The van der Waals surface area contributed by atoms with Crippen molar-refractivity contribution < 1.29 is 62.2 Å². The number of hydrogen-bond acceptors (Lipinski definition) is 0. The molecular formula is C20H42Cu3N6O2-. The van der Waals surface area contributed by atoms with Gasteiger partial charge in [0.1, 0.15) is 0 Å². The van der Waals surface area contributed by atoms with Crippen molar-refractivity contribution in [3.63, 3.8) is 0 Å². The Hall–Kier alpha value is 0.978. The van der Waals surface area contributed by atoms with Crippen LogP contribution in [0.25, 0.3) is 33.6 Å². The summed E-state index contributed by atoms with van der Waals surface area (Å²) in [4.78, 5) is 0. The first-order chi connectivity index (χ1) is 11.9. The third-order valence-electron chi connectivity index (χ3n) is 6.14. The maximum Gasteiger partial charge on any atom is 2.00 e. The van der Waals surface area contributed by atoms with Gasteiger partial charge >= 0.3 is 51.2 Å². The van der Waals surface area contributed by atoms with E-state index in [-0.39, 0.29) is 74.5 Å². The maximum absolute atomic E-state index is 4.40. The van der Waals surface area contributed by atoms with E-state index in [9.17, 15) is 0 Å². The average molecular weight is 589 g/mol. The molecule has 0 amide bonds. The molecule has 0 aliphatic carbocycles. The van der Waals surface area contributed by atoms with Crippen molar-refractivity contribution in [2.45, 2.75) is 44.9 Å². The van der Waals surface area contributed by atoms with Crippen LogP contribution in [-0.4, -0.2) is 63.3 Å². The van der Waals surface area contributed by atoms with Crippen LogP contribution >= 0.6 is 0 Å². The van der Waals surface area contributed by atoms with E-state index in [0.717, 1.165) is 70.1 Å². The topological polar surface area (TPSA) is 186 Å². The Morgan fingerprint density at radius 1 is 0.581 bits per heavy atom. The van der Waals surface area contributed by atoms with Crippen molar-refractivity contribution in [2.75, 3.05) is 52.4 Å². The van der Waals surface area contributed by atoms with E-state index in [0.29, 0.717) is 0 Å². The fourth-order valence-corrected chi connectivity index (χ4v) is 4.56. The molecule has 0 atom stereocenters. The van der Waals surface area contributed by atoms with Crippen molar-refractivity contribution in [1.29, 1.82) is 0 Å². The summed E-state index contributed by atoms with van der Waals surface area (Å²) in [5, 5.41) is 17.5. The Labute approximate surface area is 221 Å². The molecule has 198 valence electrons. The van der Waals surface area contributed by atoms with Gasteiger partial charge in [-0.1, -0.05) is 50.5 Å². The van der Waals surface area contributed by atoms with Crippen molar-refractivity contribution in [2.24, 2.45) is 17.8 Å². The van der Waals surface area contributed by atoms with E-state index in [1.54, 1.807) is 5.57 Å². The molecule has 8 N–H and O–H groups in total. The SMILES string of the molecule is C1=C(C2CC[N-]CC2)CC[N-]C1.C1CC(C2CC[N-]CC2)CC[N-]1.O.O.[Cu+2].[Cu+2].[Cu+].[NH2-].[NH2-]. The number of rotatable bonds is 2. The first kappa shape index (κ1) is 42.2. The smallest absolute Gasteiger partial charge is 0.693 e. The first-order valence-electron chi connectivity index (χ1n) is 10.2. The molecule has 4 aliphatic heterocycles. The fraction of sp³-hybridized carbons (Fsp3) is 0.900. The van der Waals surface area contributed by atoms with Gasteiger partial charge in [0.25, 0.3) is 0 Å². The van der Waals surface area contributed by atoms with Gasteiger partial charge in [0.05, 0.1) is 0 Å². The second kappa shape index (κ2) is 25.6. The zero-order chi connectivity index (χ0) is 16.5. The maximum atomic E-state index is 4.40. The van der Waals surface area contributed by atoms with E-state index in [1.165, 1.54) is 44.9 Å². The zero-order valence-corrected chi connectivity index (χ0v) is 21.1. The van der Waals surface area contributed by atoms with Gasteiger partial charge in [-0.05, 0) is 17.8 Å². The third-order valence-corrected chi connectivity index (χ3v) is 6.14. The summed E-state index contributed by atoms with van der Waals surface area (Å²) in [5.41, 5.74) is 1.67. The fourth-order valence-electron chi connectivity index (χ4n) is 4.56. The molecular weight excluding hydrogens is 547 g/mol. The average Bonchev–Trinajstić information content (AvgIpc) is 2.71. The van der Waals surface area contributed by atoms with Crippen LogP contribution in [0.1, 0.15) is 44.9 Å². The predicted octanol–water partition coefficient (Wildman–Crippen LogP) is 4.81. The molecule has 0 aromatic heterocycles. The molecule has 11 heteroatoms. The van der Waals surface area contributed by atoms with Gasteiger partial charge in [0.2, 0.25) is 0 Å². The number of nitrogens with two attached hydrogens (primary N) is 2.